The first-order valence-electron chi connectivity index (χ1n) is 6.04. The van der Waals surface area contributed by atoms with Crippen molar-refractivity contribution in [2.45, 2.75) is 12.7 Å². The average Bonchev–Trinajstić information content (AvgIpc) is 2.41. The van der Waals surface area contributed by atoms with E-state index in [1.54, 1.807) is 25.4 Å². The van der Waals surface area contributed by atoms with Crippen LogP contribution in [-0.2, 0) is 16.6 Å². The molecule has 1 amide bonds. The number of hydrogen-bond acceptors (Lipinski definition) is 4. The fraction of sp³-hybridized carbons (Fsp3) is 0.214. The lowest BCUT2D eigenvalue weighted by Gasteiger charge is -2.09. The highest BCUT2D eigenvalue weighted by Gasteiger charge is 2.11. The smallest absolute Gasteiger partial charge is 0.275 e. The van der Waals surface area contributed by atoms with Crippen LogP contribution < -0.4 is 5.32 Å². The molecule has 0 spiro atoms. The van der Waals surface area contributed by atoms with Gasteiger partial charge in [-0.05, 0) is 18.6 Å². The van der Waals surface area contributed by atoms with E-state index >= 15 is 0 Å². The van der Waals surface area contributed by atoms with E-state index in [9.17, 15) is 9.00 Å². The number of nitrogens with one attached hydrogen (secondary N) is 1. The Morgan fingerprint density at radius 1 is 1.25 bits per heavy atom. The zero-order valence-electron chi connectivity index (χ0n) is 11.3. The van der Waals surface area contributed by atoms with Crippen molar-refractivity contribution < 1.29 is 9.00 Å². The Morgan fingerprint density at radius 2 is 2.00 bits per heavy atom. The van der Waals surface area contributed by atoms with Crippen LogP contribution in [0.3, 0.4) is 0 Å². The summed E-state index contributed by atoms with van der Waals surface area (Å²) >= 11 is 0. The minimum absolute atomic E-state index is 0.253. The summed E-state index contributed by atoms with van der Waals surface area (Å²) in [5, 5.41) is 2.78. The SMILES string of the molecule is Cc1cnc(C(=O)Nc2ccccc2C[S@@](C)=O)cn1. The third-order valence-corrected chi connectivity index (χ3v) is 3.36. The molecule has 104 valence electrons. The molecule has 0 aliphatic carbocycles. The van der Waals surface area contributed by atoms with Crippen molar-refractivity contribution in [3.63, 3.8) is 0 Å². The van der Waals surface area contributed by atoms with Crippen molar-refractivity contribution in [1.29, 1.82) is 0 Å². The Hall–Kier alpha value is -2.08. The molecule has 2 aromatic rings. The summed E-state index contributed by atoms with van der Waals surface area (Å²) in [6.07, 6.45) is 4.61. The van der Waals surface area contributed by atoms with E-state index < -0.39 is 10.8 Å². The molecule has 1 heterocycles. The summed E-state index contributed by atoms with van der Waals surface area (Å²) in [4.78, 5) is 20.1. The molecule has 5 nitrogen and oxygen atoms in total. The Labute approximate surface area is 119 Å². The molecule has 0 fully saturated rings. The van der Waals surface area contributed by atoms with E-state index in [0.717, 1.165) is 11.3 Å². The van der Waals surface area contributed by atoms with Gasteiger partial charge in [-0.2, -0.15) is 0 Å². The molecule has 1 aromatic heterocycles. The molecule has 1 atom stereocenters. The van der Waals surface area contributed by atoms with Crippen molar-refractivity contribution in [2.75, 3.05) is 11.6 Å². The summed E-state index contributed by atoms with van der Waals surface area (Å²) < 4.78 is 11.3. The molecule has 0 saturated carbocycles. The van der Waals surface area contributed by atoms with Crippen molar-refractivity contribution >= 4 is 22.4 Å². The second-order valence-electron chi connectivity index (χ2n) is 4.37. The second-order valence-corrected chi connectivity index (χ2v) is 5.81. The number of aryl methyl sites for hydroxylation is 1. The minimum atomic E-state index is -0.969. The lowest BCUT2D eigenvalue weighted by molar-refractivity contribution is 0.102. The Bertz CT molecular complexity index is 641. The normalized spacial score (nSPS) is 11.9. The largest absolute Gasteiger partial charge is 0.320 e. The third kappa shape index (κ3) is 3.71. The number of carbonyl (C=O) groups excluding carboxylic acids is 1. The fourth-order valence-corrected chi connectivity index (χ4v) is 2.37. The van der Waals surface area contributed by atoms with E-state index in [2.05, 4.69) is 15.3 Å². The van der Waals surface area contributed by atoms with Gasteiger partial charge in [0.05, 0.1) is 17.6 Å². The van der Waals surface area contributed by atoms with Gasteiger partial charge in [0.1, 0.15) is 5.69 Å². The zero-order valence-corrected chi connectivity index (χ0v) is 12.1. The van der Waals surface area contributed by atoms with E-state index in [1.165, 1.54) is 6.20 Å². The molecule has 0 aliphatic heterocycles. The van der Waals surface area contributed by atoms with Gasteiger partial charge in [0.2, 0.25) is 0 Å². The predicted molar refractivity (Wildman–Crippen MR) is 78.9 cm³/mol. The molecule has 0 unspecified atom stereocenters. The molecular formula is C14H15N3O2S. The maximum absolute atomic E-state index is 12.1. The first kappa shape index (κ1) is 14.3. The van der Waals surface area contributed by atoms with Crippen molar-refractivity contribution in [2.24, 2.45) is 0 Å². The van der Waals surface area contributed by atoms with Crippen LogP contribution >= 0.6 is 0 Å². The monoisotopic (exact) mass is 289 g/mol. The van der Waals surface area contributed by atoms with Crippen molar-refractivity contribution in [3.8, 4) is 0 Å². The van der Waals surface area contributed by atoms with Crippen LogP contribution in [0, 0.1) is 6.92 Å². The molecule has 6 heteroatoms. The van der Waals surface area contributed by atoms with Crippen molar-refractivity contribution in [1.82, 2.24) is 9.97 Å². The lowest BCUT2D eigenvalue weighted by atomic mass is 10.2. The van der Waals surface area contributed by atoms with Gasteiger partial charge in [-0.15, -0.1) is 0 Å². The molecule has 0 aliphatic rings. The molecule has 0 saturated heterocycles. The fourth-order valence-electron chi connectivity index (χ4n) is 1.68. The van der Waals surface area contributed by atoms with E-state index in [0.29, 0.717) is 11.4 Å². The van der Waals surface area contributed by atoms with Gasteiger partial charge in [0, 0.05) is 28.9 Å². The summed E-state index contributed by atoms with van der Waals surface area (Å²) in [5.41, 5.74) is 2.49. The van der Waals surface area contributed by atoms with Crippen LogP contribution in [0.1, 0.15) is 21.7 Å². The number of hydrogen-bond donors (Lipinski definition) is 1. The highest BCUT2D eigenvalue weighted by Crippen LogP contribution is 2.17. The number of anilines is 1. The summed E-state index contributed by atoms with van der Waals surface area (Å²) in [6, 6.07) is 7.29. The number of benzene rings is 1. The number of rotatable bonds is 4. The highest BCUT2D eigenvalue weighted by molar-refractivity contribution is 7.83. The standard InChI is InChI=1S/C14H15N3O2S/c1-10-7-16-13(8-15-10)14(18)17-12-6-4-3-5-11(12)9-20(2)19/h3-8H,9H2,1-2H3,(H,17,18)/t20-/m1/s1. The molecule has 0 radical (unpaired) electrons. The summed E-state index contributed by atoms with van der Waals surface area (Å²) in [5.74, 6) is 0.0718. The molecule has 2 rings (SSSR count). The van der Waals surface area contributed by atoms with Gasteiger partial charge in [0.25, 0.3) is 5.91 Å². The summed E-state index contributed by atoms with van der Waals surface area (Å²) in [7, 11) is -0.969. The van der Waals surface area contributed by atoms with Crippen molar-refractivity contribution in [3.05, 3.63) is 53.6 Å². The number of amides is 1. The zero-order chi connectivity index (χ0) is 14.5. The minimum Gasteiger partial charge on any atom is -0.320 e. The van der Waals surface area contributed by atoms with Crippen LogP contribution in [0.5, 0.6) is 0 Å². The van der Waals surface area contributed by atoms with E-state index in [1.807, 2.05) is 18.2 Å². The highest BCUT2D eigenvalue weighted by atomic mass is 32.2. The Morgan fingerprint density at radius 3 is 2.65 bits per heavy atom. The first-order valence-corrected chi connectivity index (χ1v) is 7.77. The van der Waals surface area contributed by atoms with Gasteiger partial charge in [-0.1, -0.05) is 18.2 Å². The quantitative estimate of drug-likeness (QED) is 0.933. The van der Waals surface area contributed by atoms with Gasteiger partial charge in [0.15, 0.2) is 0 Å². The predicted octanol–water partition coefficient (Wildman–Crippen LogP) is 1.92. The first-order chi connectivity index (χ1) is 9.56. The van der Waals surface area contributed by atoms with Crippen LogP contribution in [0.25, 0.3) is 0 Å². The third-order valence-electron chi connectivity index (χ3n) is 2.64. The van der Waals surface area contributed by atoms with E-state index in [4.69, 9.17) is 0 Å². The maximum atomic E-state index is 12.1. The van der Waals surface area contributed by atoms with Crippen LogP contribution in [-0.4, -0.2) is 26.3 Å². The molecule has 20 heavy (non-hydrogen) atoms. The Balaban J connectivity index is 2.19. The molecule has 1 N–H and O–H groups in total. The molecule has 1 aromatic carbocycles. The topological polar surface area (TPSA) is 72.0 Å². The number of aromatic nitrogens is 2. The van der Waals surface area contributed by atoms with Crippen LogP contribution in [0.15, 0.2) is 36.7 Å². The van der Waals surface area contributed by atoms with Gasteiger partial charge < -0.3 is 5.32 Å². The van der Waals surface area contributed by atoms with Gasteiger partial charge in [-0.25, -0.2) is 4.98 Å². The lowest BCUT2D eigenvalue weighted by Crippen LogP contribution is -2.15. The van der Waals surface area contributed by atoms with Crippen LogP contribution in [0.4, 0.5) is 5.69 Å². The van der Waals surface area contributed by atoms with Gasteiger partial charge in [-0.3, -0.25) is 14.0 Å². The maximum Gasteiger partial charge on any atom is 0.275 e. The van der Waals surface area contributed by atoms with Crippen LogP contribution in [0.2, 0.25) is 0 Å². The molecular weight excluding hydrogens is 274 g/mol. The average molecular weight is 289 g/mol. The molecule has 0 bridgehead atoms. The number of para-hydroxylation sites is 1. The summed E-state index contributed by atoms with van der Waals surface area (Å²) in [6.45, 7) is 1.81. The van der Waals surface area contributed by atoms with Gasteiger partial charge >= 0.3 is 0 Å². The van der Waals surface area contributed by atoms with E-state index in [-0.39, 0.29) is 11.6 Å². The Kier molecular flexibility index (Phi) is 4.57. The second kappa shape index (κ2) is 6.38. The number of carbonyl (C=O) groups is 1. The number of nitrogens with zero attached hydrogens (tertiary/aromatic N) is 2.